The SMILES string of the molecule is c1cc(-c2cccc3c2oc2c3ccc3sc4ccccc4c32)cc(N2c3ccccc3Sc3ccccc32)c1. The van der Waals surface area contributed by atoms with Crippen LogP contribution in [0.25, 0.3) is 53.2 Å². The zero-order valence-electron chi connectivity index (χ0n) is 21.3. The molecule has 0 aliphatic carbocycles. The molecule has 9 rings (SSSR count). The molecule has 6 aromatic carbocycles. The molecule has 0 radical (unpaired) electrons. The van der Waals surface area contributed by atoms with Gasteiger partial charge in [0.05, 0.1) is 11.4 Å². The predicted molar refractivity (Wildman–Crippen MR) is 171 cm³/mol. The van der Waals surface area contributed by atoms with Gasteiger partial charge < -0.3 is 9.32 Å². The molecule has 40 heavy (non-hydrogen) atoms. The first-order valence-electron chi connectivity index (χ1n) is 13.4. The molecule has 0 spiro atoms. The van der Waals surface area contributed by atoms with E-state index in [1.807, 2.05) is 23.1 Å². The Morgan fingerprint density at radius 2 is 1.23 bits per heavy atom. The fraction of sp³-hybridized carbons (Fsp3) is 0. The maximum absolute atomic E-state index is 6.81. The van der Waals surface area contributed by atoms with Gasteiger partial charge in [0, 0.05) is 52.0 Å². The smallest absolute Gasteiger partial charge is 0.144 e. The van der Waals surface area contributed by atoms with Crippen LogP contribution in [0.15, 0.2) is 142 Å². The van der Waals surface area contributed by atoms with E-state index >= 15 is 0 Å². The van der Waals surface area contributed by atoms with Crippen molar-refractivity contribution >= 4 is 82.3 Å². The lowest BCUT2D eigenvalue weighted by molar-refractivity contribution is 0.674. The fourth-order valence-electron chi connectivity index (χ4n) is 6.09. The molecule has 0 atom stereocenters. The second-order valence-electron chi connectivity index (χ2n) is 10.1. The number of furan rings is 1. The Morgan fingerprint density at radius 1 is 0.525 bits per heavy atom. The highest BCUT2D eigenvalue weighted by Crippen LogP contribution is 2.52. The van der Waals surface area contributed by atoms with Crippen molar-refractivity contribution in [2.75, 3.05) is 4.90 Å². The maximum Gasteiger partial charge on any atom is 0.144 e. The fourth-order valence-corrected chi connectivity index (χ4v) is 8.25. The number of anilines is 3. The van der Waals surface area contributed by atoms with E-state index in [1.54, 1.807) is 0 Å². The Morgan fingerprint density at radius 3 is 2.08 bits per heavy atom. The number of nitrogens with zero attached hydrogens (tertiary/aromatic N) is 1. The molecule has 2 aromatic heterocycles. The summed E-state index contributed by atoms with van der Waals surface area (Å²) >= 11 is 3.66. The third-order valence-electron chi connectivity index (χ3n) is 7.85. The molecular formula is C36H21NOS2. The van der Waals surface area contributed by atoms with Crippen LogP contribution in [0.4, 0.5) is 17.1 Å². The van der Waals surface area contributed by atoms with Crippen LogP contribution in [0.3, 0.4) is 0 Å². The molecule has 8 aromatic rings. The normalized spacial score (nSPS) is 12.8. The van der Waals surface area contributed by atoms with Gasteiger partial charge in [-0.1, -0.05) is 84.6 Å². The van der Waals surface area contributed by atoms with Gasteiger partial charge >= 0.3 is 0 Å². The number of rotatable bonds is 2. The van der Waals surface area contributed by atoms with Crippen LogP contribution in [0.2, 0.25) is 0 Å². The highest BCUT2D eigenvalue weighted by molar-refractivity contribution is 7.99. The summed E-state index contributed by atoms with van der Waals surface area (Å²) in [6.07, 6.45) is 0. The average Bonchev–Trinajstić information content (AvgIpc) is 3.58. The third-order valence-corrected chi connectivity index (χ3v) is 10.1. The molecule has 0 saturated heterocycles. The van der Waals surface area contributed by atoms with E-state index < -0.39 is 0 Å². The van der Waals surface area contributed by atoms with Crippen molar-refractivity contribution < 1.29 is 4.42 Å². The number of fused-ring (bicyclic) bond motifs is 9. The van der Waals surface area contributed by atoms with E-state index in [1.165, 1.54) is 46.7 Å². The molecule has 188 valence electrons. The third kappa shape index (κ3) is 3.18. The van der Waals surface area contributed by atoms with Crippen LogP contribution in [0.1, 0.15) is 0 Å². The molecule has 0 saturated carbocycles. The van der Waals surface area contributed by atoms with Crippen LogP contribution in [0, 0.1) is 0 Å². The number of thiophene rings is 1. The summed E-state index contributed by atoms with van der Waals surface area (Å²) in [6, 6.07) is 45.7. The van der Waals surface area contributed by atoms with Crippen molar-refractivity contribution in [3.05, 3.63) is 127 Å². The number of hydrogen-bond acceptors (Lipinski definition) is 4. The quantitative estimate of drug-likeness (QED) is 0.214. The molecular weight excluding hydrogens is 527 g/mol. The molecule has 0 fully saturated rings. The minimum atomic E-state index is 0.937. The Kier molecular flexibility index (Phi) is 4.74. The Labute approximate surface area is 239 Å². The first-order chi connectivity index (χ1) is 19.8. The van der Waals surface area contributed by atoms with Crippen molar-refractivity contribution in [2.45, 2.75) is 9.79 Å². The van der Waals surface area contributed by atoms with E-state index in [9.17, 15) is 0 Å². The predicted octanol–water partition coefficient (Wildman–Crippen LogP) is 11.6. The van der Waals surface area contributed by atoms with E-state index in [4.69, 9.17) is 4.42 Å². The van der Waals surface area contributed by atoms with Crippen molar-refractivity contribution in [1.82, 2.24) is 0 Å². The first kappa shape index (κ1) is 22.3. The lowest BCUT2D eigenvalue weighted by Gasteiger charge is -2.33. The first-order valence-corrected chi connectivity index (χ1v) is 15.0. The summed E-state index contributed by atoms with van der Waals surface area (Å²) in [5, 5.41) is 4.80. The lowest BCUT2D eigenvalue weighted by atomic mass is 10.0. The van der Waals surface area contributed by atoms with Gasteiger partial charge in [-0.25, -0.2) is 0 Å². The van der Waals surface area contributed by atoms with Crippen LogP contribution in [0.5, 0.6) is 0 Å². The van der Waals surface area contributed by atoms with Crippen molar-refractivity contribution in [2.24, 2.45) is 0 Å². The van der Waals surface area contributed by atoms with Gasteiger partial charge in [0.25, 0.3) is 0 Å². The van der Waals surface area contributed by atoms with Gasteiger partial charge in [-0.2, -0.15) is 0 Å². The second-order valence-corrected chi connectivity index (χ2v) is 12.3. The van der Waals surface area contributed by atoms with E-state index in [0.717, 1.165) is 33.4 Å². The average molecular weight is 548 g/mol. The van der Waals surface area contributed by atoms with Gasteiger partial charge in [0.2, 0.25) is 0 Å². The van der Waals surface area contributed by atoms with Crippen LogP contribution in [-0.2, 0) is 0 Å². The molecule has 4 heteroatoms. The van der Waals surface area contributed by atoms with Gasteiger partial charge in [-0.15, -0.1) is 11.3 Å². The highest BCUT2D eigenvalue weighted by atomic mass is 32.2. The molecule has 0 unspecified atom stereocenters. The van der Waals surface area contributed by atoms with Crippen molar-refractivity contribution in [3.8, 4) is 11.1 Å². The summed E-state index contributed by atoms with van der Waals surface area (Å²) in [5.41, 5.74) is 7.71. The van der Waals surface area contributed by atoms with Gasteiger partial charge in [0.15, 0.2) is 0 Å². The van der Waals surface area contributed by atoms with Gasteiger partial charge in [-0.3, -0.25) is 0 Å². The molecule has 0 N–H and O–H groups in total. The molecule has 3 heterocycles. The van der Waals surface area contributed by atoms with E-state index in [0.29, 0.717) is 0 Å². The van der Waals surface area contributed by atoms with Crippen LogP contribution >= 0.6 is 23.1 Å². The minimum absolute atomic E-state index is 0.937. The largest absolute Gasteiger partial charge is 0.455 e. The van der Waals surface area contributed by atoms with Gasteiger partial charge in [0.1, 0.15) is 11.2 Å². The zero-order valence-corrected chi connectivity index (χ0v) is 22.9. The maximum atomic E-state index is 6.81. The summed E-state index contributed by atoms with van der Waals surface area (Å²) in [7, 11) is 0. The topological polar surface area (TPSA) is 16.4 Å². The molecule has 1 aliphatic heterocycles. The molecule has 1 aliphatic rings. The summed E-state index contributed by atoms with van der Waals surface area (Å²) in [6.45, 7) is 0. The van der Waals surface area contributed by atoms with E-state index in [-0.39, 0.29) is 0 Å². The van der Waals surface area contributed by atoms with Crippen molar-refractivity contribution in [3.63, 3.8) is 0 Å². The van der Waals surface area contributed by atoms with Crippen LogP contribution in [-0.4, -0.2) is 0 Å². The summed E-state index contributed by atoms with van der Waals surface area (Å²) in [5.74, 6) is 0. The standard InChI is InChI=1S/C36H21NOS2/c1-4-16-30-27(11-1)34-33(39-30)20-19-26-25-13-8-12-24(35(25)38-36(26)34)22-9-7-10-23(21-22)37-28-14-2-5-17-31(28)40-32-18-6-3-15-29(32)37/h1-21H. The zero-order chi connectivity index (χ0) is 26.2. The van der Waals surface area contributed by atoms with E-state index in [2.05, 4.69) is 132 Å². The summed E-state index contributed by atoms with van der Waals surface area (Å²) < 4.78 is 9.36. The highest BCUT2D eigenvalue weighted by Gasteiger charge is 2.25. The number of hydrogen-bond donors (Lipinski definition) is 0. The lowest BCUT2D eigenvalue weighted by Crippen LogP contribution is -2.14. The van der Waals surface area contributed by atoms with Gasteiger partial charge in [-0.05, 0) is 60.2 Å². The number of benzene rings is 6. The van der Waals surface area contributed by atoms with Crippen molar-refractivity contribution in [1.29, 1.82) is 0 Å². The number of para-hydroxylation sites is 3. The Hall–Kier alpha value is -4.51. The second kappa shape index (κ2) is 8.49. The monoisotopic (exact) mass is 547 g/mol. The summed E-state index contributed by atoms with van der Waals surface area (Å²) in [4.78, 5) is 4.90. The molecule has 0 amide bonds. The Balaban J connectivity index is 1.27. The molecule has 0 bridgehead atoms. The van der Waals surface area contributed by atoms with Crippen LogP contribution < -0.4 is 4.90 Å². The molecule has 2 nitrogen and oxygen atoms in total. The Bertz CT molecular complexity index is 2230. The minimum Gasteiger partial charge on any atom is -0.455 e.